The van der Waals surface area contributed by atoms with Crippen molar-refractivity contribution in [1.29, 1.82) is 0 Å². The van der Waals surface area contributed by atoms with Crippen LogP contribution in [0.5, 0.6) is 0 Å². The van der Waals surface area contributed by atoms with Crippen molar-refractivity contribution in [3.63, 3.8) is 0 Å². The van der Waals surface area contributed by atoms with Gasteiger partial charge in [0.1, 0.15) is 0 Å². The minimum atomic E-state index is -0.775. The van der Waals surface area contributed by atoms with E-state index in [-0.39, 0.29) is 6.42 Å². The SMILES string of the molecule is O=C(O)CCc1nc(-c2cccs2)cs1. The molecule has 0 saturated heterocycles. The molecular formula is C10H9NO2S2. The van der Waals surface area contributed by atoms with Crippen LogP contribution in [0.4, 0.5) is 0 Å². The van der Waals surface area contributed by atoms with Gasteiger partial charge in [0, 0.05) is 11.8 Å². The van der Waals surface area contributed by atoms with Crippen LogP contribution in [-0.2, 0) is 11.2 Å². The first-order chi connectivity index (χ1) is 7.25. The molecule has 78 valence electrons. The number of thiazole rings is 1. The van der Waals surface area contributed by atoms with Crippen LogP contribution in [0, 0.1) is 0 Å². The second-order valence-corrected chi connectivity index (χ2v) is 4.89. The summed E-state index contributed by atoms with van der Waals surface area (Å²) in [6.45, 7) is 0. The van der Waals surface area contributed by atoms with Crippen molar-refractivity contribution in [3.8, 4) is 10.6 Å². The monoisotopic (exact) mass is 239 g/mol. The molecule has 5 heteroatoms. The van der Waals surface area contributed by atoms with E-state index in [1.54, 1.807) is 11.3 Å². The molecule has 0 aromatic carbocycles. The fourth-order valence-corrected chi connectivity index (χ4v) is 2.74. The molecule has 0 aliphatic carbocycles. The summed E-state index contributed by atoms with van der Waals surface area (Å²) in [4.78, 5) is 15.9. The summed E-state index contributed by atoms with van der Waals surface area (Å²) in [5, 5.41) is 13.4. The van der Waals surface area contributed by atoms with Gasteiger partial charge in [0.05, 0.1) is 22.0 Å². The van der Waals surface area contributed by atoms with Crippen LogP contribution in [0.3, 0.4) is 0 Å². The van der Waals surface area contributed by atoms with Gasteiger partial charge in [-0.05, 0) is 11.4 Å². The van der Waals surface area contributed by atoms with Crippen molar-refractivity contribution >= 4 is 28.6 Å². The molecule has 0 fully saturated rings. The highest BCUT2D eigenvalue weighted by Crippen LogP contribution is 2.26. The van der Waals surface area contributed by atoms with Gasteiger partial charge < -0.3 is 5.11 Å². The van der Waals surface area contributed by atoms with Crippen LogP contribution in [-0.4, -0.2) is 16.1 Å². The molecule has 0 amide bonds. The zero-order valence-corrected chi connectivity index (χ0v) is 9.48. The van der Waals surface area contributed by atoms with E-state index in [1.165, 1.54) is 11.3 Å². The molecule has 3 nitrogen and oxygen atoms in total. The van der Waals surface area contributed by atoms with E-state index in [1.807, 2.05) is 22.9 Å². The Morgan fingerprint density at radius 3 is 3.00 bits per heavy atom. The second kappa shape index (κ2) is 4.55. The van der Waals surface area contributed by atoms with Crippen molar-refractivity contribution < 1.29 is 9.90 Å². The standard InChI is InChI=1S/C10H9NO2S2/c12-10(13)4-3-9-11-7(6-15-9)8-2-1-5-14-8/h1-2,5-6H,3-4H2,(H,12,13). The number of thiophene rings is 1. The average molecular weight is 239 g/mol. The Morgan fingerprint density at radius 1 is 1.47 bits per heavy atom. The number of aromatic nitrogens is 1. The number of aliphatic carboxylic acids is 1. The third-order valence-electron chi connectivity index (χ3n) is 1.88. The predicted octanol–water partition coefficient (Wildman–Crippen LogP) is 2.89. The average Bonchev–Trinajstić information content (AvgIpc) is 2.85. The quantitative estimate of drug-likeness (QED) is 0.892. The molecule has 0 saturated carbocycles. The third-order valence-corrected chi connectivity index (χ3v) is 3.68. The van der Waals surface area contributed by atoms with E-state index in [4.69, 9.17) is 5.11 Å². The summed E-state index contributed by atoms with van der Waals surface area (Å²) in [5.41, 5.74) is 0.954. The number of hydrogen-bond donors (Lipinski definition) is 1. The molecule has 2 heterocycles. The van der Waals surface area contributed by atoms with Gasteiger partial charge in [-0.25, -0.2) is 4.98 Å². The van der Waals surface area contributed by atoms with Crippen LogP contribution in [0.2, 0.25) is 0 Å². The Bertz CT molecular complexity index is 448. The molecule has 0 spiro atoms. The van der Waals surface area contributed by atoms with Crippen LogP contribution >= 0.6 is 22.7 Å². The lowest BCUT2D eigenvalue weighted by atomic mass is 10.3. The molecular weight excluding hydrogens is 230 g/mol. The van der Waals surface area contributed by atoms with Gasteiger partial charge in [0.2, 0.25) is 0 Å². The highest BCUT2D eigenvalue weighted by Gasteiger charge is 2.06. The first-order valence-corrected chi connectivity index (χ1v) is 6.22. The normalized spacial score (nSPS) is 10.4. The predicted molar refractivity (Wildman–Crippen MR) is 61.4 cm³/mol. The lowest BCUT2D eigenvalue weighted by Gasteiger charge is -1.90. The first kappa shape index (κ1) is 10.3. The molecule has 1 N–H and O–H groups in total. The Morgan fingerprint density at radius 2 is 2.33 bits per heavy atom. The topological polar surface area (TPSA) is 50.2 Å². The first-order valence-electron chi connectivity index (χ1n) is 4.46. The number of carboxylic acid groups (broad SMARTS) is 1. The fraction of sp³-hybridized carbons (Fsp3) is 0.200. The van der Waals surface area contributed by atoms with E-state index in [2.05, 4.69) is 4.98 Å². The summed E-state index contributed by atoms with van der Waals surface area (Å²) in [5.74, 6) is -0.775. The number of nitrogens with zero attached hydrogens (tertiary/aromatic N) is 1. The zero-order chi connectivity index (χ0) is 10.7. The summed E-state index contributed by atoms with van der Waals surface area (Å²) in [7, 11) is 0. The smallest absolute Gasteiger partial charge is 0.303 e. The fourth-order valence-electron chi connectivity index (χ4n) is 1.18. The number of rotatable bonds is 4. The van der Waals surface area contributed by atoms with Crippen LogP contribution in [0.25, 0.3) is 10.6 Å². The molecule has 0 aliphatic heterocycles. The van der Waals surface area contributed by atoms with Gasteiger partial charge in [-0.2, -0.15) is 0 Å². The molecule has 2 aromatic rings. The molecule has 0 unspecified atom stereocenters. The van der Waals surface area contributed by atoms with E-state index >= 15 is 0 Å². The van der Waals surface area contributed by atoms with Crippen molar-refractivity contribution in [2.75, 3.05) is 0 Å². The molecule has 0 radical (unpaired) electrons. The molecule has 2 aromatic heterocycles. The van der Waals surface area contributed by atoms with Gasteiger partial charge >= 0.3 is 5.97 Å². The lowest BCUT2D eigenvalue weighted by Crippen LogP contribution is -1.96. The maximum absolute atomic E-state index is 10.4. The second-order valence-electron chi connectivity index (χ2n) is 3.00. The lowest BCUT2D eigenvalue weighted by molar-refractivity contribution is -0.136. The van der Waals surface area contributed by atoms with Gasteiger partial charge in [-0.3, -0.25) is 4.79 Å². The van der Waals surface area contributed by atoms with Gasteiger partial charge in [0.15, 0.2) is 0 Å². The molecule has 15 heavy (non-hydrogen) atoms. The maximum Gasteiger partial charge on any atom is 0.303 e. The largest absolute Gasteiger partial charge is 0.481 e. The summed E-state index contributed by atoms with van der Waals surface area (Å²) in [6, 6.07) is 4.00. The molecule has 0 bridgehead atoms. The maximum atomic E-state index is 10.4. The zero-order valence-electron chi connectivity index (χ0n) is 7.84. The number of hydrogen-bond acceptors (Lipinski definition) is 4. The molecule has 0 aliphatic rings. The Hall–Kier alpha value is -1.20. The number of carbonyl (C=O) groups is 1. The summed E-state index contributed by atoms with van der Waals surface area (Å²) < 4.78 is 0. The van der Waals surface area contributed by atoms with Crippen molar-refractivity contribution in [2.24, 2.45) is 0 Å². The van der Waals surface area contributed by atoms with Crippen molar-refractivity contribution in [2.45, 2.75) is 12.8 Å². The number of aryl methyl sites for hydroxylation is 1. The Kier molecular flexibility index (Phi) is 3.13. The Labute approximate surface area is 95.0 Å². The van der Waals surface area contributed by atoms with E-state index in [0.29, 0.717) is 6.42 Å². The van der Waals surface area contributed by atoms with E-state index in [0.717, 1.165) is 15.6 Å². The minimum absolute atomic E-state index is 0.150. The van der Waals surface area contributed by atoms with Gasteiger partial charge in [-0.15, -0.1) is 22.7 Å². The summed E-state index contributed by atoms with van der Waals surface area (Å²) in [6.07, 6.45) is 0.669. The van der Waals surface area contributed by atoms with E-state index in [9.17, 15) is 4.79 Å². The number of carboxylic acids is 1. The van der Waals surface area contributed by atoms with Crippen molar-refractivity contribution in [1.82, 2.24) is 4.98 Å². The Balaban J connectivity index is 2.08. The van der Waals surface area contributed by atoms with E-state index < -0.39 is 5.97 Å². The third kappa shape index (κ3) is 2.64. The van der Waals surface area contributed by atoms with Gasteiger partial charge in [0.25, 0.3) is 0 Å². The van der Waals surface area contributed by atoms with Gasteiger partial charge in [-0.1, -0.05) is 6.07 Å². The molecule has 2 rings (SSSR count). The minimum Gasteiger partial charge on any atom is -0.481 e. The molecule has 0 atom stereocenters. The van der Waals surface area contributed by atoms with Crippen LogP contribution in [0.15, 0.2) is 22.9 Å². The summed E-state index contributed by atoms with van der Waals surface area (Å²) >= 11 is 3.16. The van der Waals surface area contributed by atoms with Crippen LogP contribution < -0.4 is 0 Å². The van der Waals surface area contributed by atoms with Crippen molar-refractivity contribution in [3.05, 3.63) is 27.9 Å². The highest BCUT2D eigenvalue weighted by molar-refractivity contribution is 7.14. The van der Waals surface area contributed by atoms with Crippen LogP contribution in [0.1, 0.15) is 11.4 Å². The highest BCUT2D eigenvalue weighted by atomic mass is 32.1.